The molecule has 0 heterocycles. The van der Waals surface area contributed by atoms with Gasteiger partial charge >= 0.3 is 0 Å². The first-order chi connectivity index (χ1) is 10.5. The van der Waals surface area contributed by atoms with Crippen molar-refractivity contribution in [2.45, 2.75) is 13.8 Å². The van der Waals surface area contributed by atoms with E-state index in [1.54, 1.807) is 12.1 Å². The molecule has 0 aliphatic carbocycles. The summed E-state index contributed by atoms with van der Waals surface area (Å²) in [7, 11) is 0. The fourth-order valence-electron chi connectivity index (χ4n) is 1.93. The van der Waals surface area contributed by atoms with Gasteiger partial charge in [0.25, 0.3) is 0 Å². The van der Waals surface area contributed by atoms with E-state index in [9.17, 15) is 9.90 Å². The van der Waals surface area contributed by atoms with Crippen LogP contribution in [0.3, 0.4) is 0 Å². The predicted molar refractivity (Wildman–Crippen MR) is 90.1 cm³/mol. The lowest BCUT2D eigenvalue weighted by Crippen LogP contribution is -2.15. The maximum Gasteiger partial charge on any atom is 0.246 e. The van der Waals surface area contributed by atoms with Crippen molar-refractivity contribution in [1.82, 2.24) is 0 Å². The summed E-state index contributed by atoms with van der Waals surface area (Å²) in [4.78, 5) is 15.9. The number of aromatic hydroxyl groups is 1. The third kappa shape index (κ3) is 4.09. The number of phenolic OH excluding ortho intramolecular Hbond substituents is 1. The molecular weight excluding hydrogens is 300 g/mol. The van der Waals surface area contributed by atoms with E-state index < -0.39 is 0 Å². The van der Waals surface area contributed by atoms with E-state index in [-0.39, 0.29) is 18.2 Å². The van der Waals surface area contributed by atoms with Crippen molar-refractivity contribution in [3.05, 3.63) is 58.1 Å². The fourth-order valence-corrected chi connectivity index (χ4v) is 2.11. The van der Waals surface area contributed by atoms with Crippen LogP contribution in [0.2, 0.25) is 5.02 Å². The topological polar surface area (TPSA) is 61.7 Å². The number of nitrogens with one attached hydrogen (secondary N) is 1. The van der Waals surface area contributed by atoms with Gasteiger partial charge in [0, 0.05) is 22.5 Å². The highest BCUT2D eigenvalue weighted by Gasteiger charge is 2.05. The molecule has 0 saturated heterocycles. The van der Waals surface area contributed by atoms with E-state index in [2.05, 4.69) is 10.3 Å². The molecule has 0 aromatic heterocycles. The van der Waals surface area contributed by atoms with E-state index in [1.807, 2.05) is 32.0 Å². The zero-order chi connectivity index (χ0) is 16.1. The van der Waals surface area contributed by atoms with Crippen LogP contribution in [-0.2, 0) is 4.79 Å². The SMILES string of the molecule is Cc1cccc(NC(=O)CN=Cc2cc(Cl)ccc2O)c1C. The van der Waals surface area contributed by atoms with Crippen LogP contribution in [0.15, 0.2) is 41.4 Å². The van der Waals surface area contributed by atoms with E-state index in [4.69, 9.17) is 11.6 Å². The highest BCUT2D eigenvalue weighted by atomic mass is 35.5. The van der Waals surface area contributed by atoms with Gasteiger partial charge in [0.15, 0.2) is 0 Å². The van der Waals surface area contributed by atoms with Gasteiger partial charge in [0.2, 0.25) is 5.91 Å². The summed E-state index contributed by atoms with van der Waals surface area (Å²) in [5.74, 6) is -0.144. The van der Waals surface area contributed by atoms with Crippen LogP contribution >= 0.6 is 11.6 Å². The standard InChI is InChI=1S/C17H17ClN2O2/c1-11-4-3-5-15(12(11)2)20-17(22)10-19-9-13-8-14(18)6-7-16(13)21/h3-9,21H,10H2,1-2H3,(H,20,22). The van der Waals surface area contributed by atoms with Gasteiger partial charge in [-0.25, -0.2) is 0 Å². The number of phenols is 1. The smallest absolute Gasteiger partial charge is 0.246 e. The van der Waals surface area contributed by atoms with Gasteiger partial charge in [-0.3, -0.25) is 9.79 Å². The van der Waals surface area contributed by atoms with E-state index in [0.717, 1.165) is 16.8 Å². The summed E-state index contributed by atoms with van der Waals surface area (Å²) in [5, 5.41) is 13.0. The minimum absolute atomic E-state index is 0.0284. The van der Waals surface area contributed by atoms with E-state index >= 15 is 0 Å². The minimum atomic E-state index is -0.216. The number of amides is 1. The molecule has 0 fully saturated rings. The van der Waals surface area contributed by atoms with Crippen LogP contribution in [0.1, 0.15) is 16.7 Å². The number of nitrogens with zero attached hydrogens (tertiary/aromatic N) is 1. The fraction of sp³-hybridized carbons (Fsp3) is 0.176. The number of hydrogen-bond acceptors (Lipinski definition) is 3. The largest absolute Gasteiger partial charge is 0.507 e. The molecule has 0 bridgehead atoms. The van der Waals surface area contributed by atoms with Crippen molar-refractivity contribution in [2.75, 3.05) is 11.9 Å². The van der Waals surface area contributed by atoms with Crippen molar-refractivity contribution in [3.8, 4) is 5.75 Å². The van der Waals surface area contributed by atoms with Crippen molar-refractivity contribution >= 4 is 29.4 Å². The number of rotatable bonds is 4. The molecule has 0 spiro atoms. The maximum absolute atomic E-state index is 11.9. The summed E-state index contributed by atoms with van der Waals surface area (Å²) in [5.41, 5.74) is 3.41. The zero-order valence-electron chi connectivity index (χ0n) is 12.4. The molecule has 22 heavy (non-hydrogen) atoms. The Bertz CT molecular complexity index is 727. The number of carbonyl (C=O) groups excluding carboxylic acids is 1. The lowest BCUT2D eigenvalue weighted by molar-refractivity contribution is -0.114. The molecular formula is C17H17ClN2O2. The van der Waals surface area contributed by atoms with Crippen LogP contribution in [0, 0.1) is 13.8 Å². The average Bonchev–Trinajstić information content (AvgIpc) is 2.47. The van der Waals surface area contributed by atoms with Crippen molar-refractivity contribution < 1.29 is 9.90 Å². The molecule has 0 aliphatic heterocycles. The number of halogens is 1. The van der Waals surface area contributed by atoms with Gasteiger partial charge in [-0.15, -0.1) is 0 Å². The Balaban J connectivity index is 1.99. The Hall–Kier alpha value is -2.33. The first-order valence-electron chi connectivity index (χ1n) is 6.82. The maximum atomic E-state index is 11.9. The van der Waals surface area contributed by atoms with Crippen molar-refractivity contribution in [2.24, 2.45) is 4.99 Å². The molecule has 0 radical (unpaired) electrons. The molecule has 2 aromatic rings. The third-order valence-electron chi connectivity index (χ3n) is 3.33. The number of benzene rings is 2. The normalized spacial score (nSPS) is 10.9. The second-order valence-corrected chi connectivity index (χ2v) is 5.41. The van der Waals surface area contributed by atoms with Crippen molar-refractivity contribution in [3.63, 3.8) is 0 Å². The van der Waals surface area contributed by atoms with Gasteiger partial charge < -0.3 is 10.4 Å². The van der Waals surface area contributed by atoms with Gasteiger partial charge in [-0.2, -0.15) is 0 Å². The predicted octanol–water partition coefficient (Wildman–Crippen LogP) is 3.72. The van der Waals surface area contributed by atoms with Crippen LogP contribution in [0.25, 0.3) is 0 Å². The van der Waals surface area contributed by atoms with Crippen LogP contribution < -0.4 is 5.32 Å². The van der Waals surface area contributed by atoms with Crippen LogP contribution in [0.4, 0.5) is 5.69 Å². The highest BCUT2D eigenvalue weighted by Crippen LogP contribution is 2.20. The molecule has 0 atom stereocenters. The Morgan fingerprint density at radius 1 is 1.32 bits per heavy atom. The van der Waals surface area contributed by atoms with E-state index in [0.29, 0.717) is 10.6 Å². The Morgan fingerprint density at radius 3 is 2.86 bits per heavy atom. The van der Waals surface area contributed by atoms with Gasteiger partial charge in [0.1, 0.15) is 12.3 Å². The number of carbonyl (C=O) groups is 1. The molecule has 0 unspecified atom stereocenters. The summed E-state index contributed by atoms with van der Waals surface area (Å²) in [6.07, 6.45) is 1.43. The monoisotopic (exact) mass is 316 g/mol. The lowest BCUT2D eigenvalue weighted by atomic mass is 10.1. The Kier molecular flexibility index (Phi) is 5.17. The van der Waals surface area contributed by atoms with Gasteiger partial charge in [-0.05, 0) is 49.2 Å². The summed E-state index contributed by atoms with van der Waals surface area (Å²) < 4.78 is 0. The first-order valence-corrected chi connectivity index (χ1v) is 7.19. The number of aliphatic imine (C=N–C) groups is 1. The molecule has 2 aromatic carbocycles. The number of hydrogen-bond donors (Lipinski definition) is 2. The molecule has 0 aliphatic rings. The zero-order valence-corrected chi connectivity index (χ0v) is 13.2. The second-order valence-electron chi connectivity index (χ2n) is 4.97. The highest BCUT2D eigenvalue weighted by molar-refractivity contribution is 6.30. The van der Waals surface area contributed by atoms with Gasteiger partial charge in [-0.1, -0.05) is 23.7 Å². The van der Waals surface area contributed by atoms with Crippen LogP contribution in [-0.4, -0.2) is 23.8 Å². The van der Waals surface area contributed by atoms with Crippen molar-refractivity contribution in [1.29, 1.82) is 0 Å². The molecule has 5 heteroatoms. The molecule has 2 rings (SSSR count). The molecule has 1 amide bonds. The second kappa shape index (κ2) is 7.09. The van der Waals surface area contributed by atoms with Gasteiger partial charge in [0.05, 0.1) is 0 Å². The molecule has 114 valence electrons. The summed E-state index contributed by atoms with van der Waals surface area (Å²) in [6, 6.07) is 10.4. The average molecular weight is 317 g/mol. The lowest BCUT2D eigenvalue weighted by Gasteiger charge is -2.09. The molecule has 0 saturated carbocycles. The number of aryl methyl sites for hydroxylation is 1. The molecule has 4 nitrogen and oxygen atoms in total. The third-order valence-corrected chi connectivity index (χ3v) is 3.57. The minimum Gasteiger partial charge on any atom is -0.507 e. The molecule has 2 N–H and O–H groups in total. The van der Waals surface area contributed by atoms with Crippen LogP contribution in [0.5, 0.6) is 5.75 Å². The quantitative estimate of drug-likeness (QED) is 0.844. The Labute approximate surface area is 134 Å². The number of anilines is 1. The summed E-state index contributed by atoms with van der Waals surface area (Å²) in [6.45, 7) is 3.92. The summed E-state index contributed by atoms with van der Waals surface area (Å²) >= 11 is 5.85. The Morgan fingerprint density at radius 2 is 2.09 bits per heavy atom. The first kappa shape index (κ1) is 16.0. The van der Waals surface area contributed by atoms with E-state index in [1.165, 1.54) is 12.3 Å².